The highest BCUT2D eigenvalue weighted by Gasteiger charge is 2.10. The third-order valence-electron chi connectivity index (χ3n) is 2.46. The minimum atomic E-state index is -0.509. The topological polar surface area (TPSA) is 54.6 Å². The van der Waals surface area contributed by atoms with Crippen LogP contribution in [0.2, 0.25) is 5.02 Å². The maximum atomic E-state index is 13.4. The number of rotatable bonds is 3. The molecule has 6 heteroatoms. The molecule has 0 saturated carbocycles. The van der Waals surface area contributed by atoms with Crippen molar-refractivity contribution in [2.75, 3.05) is 0 Å². The van der Waals surface area contributed by atoms with E-state index in [4.69, 9.17) is 16.0 Å². The molecule has 1 heterocycles. The van der Waals surface area contributed by atoms with Crippen molar-refractivity contribution in [3.05, 3.63) is 58.3 Å². The van der Waals surface area contributed by atoms with Gasteiger partial charge in [0.25, 0.3) is 5.91 Å². The van der Waals surface area contributed by atoms with Crippen molar-refractivity contribution in [3.8, 4) is 0 Å². The zero-order valence-corrected chi connectivity index (χ0v) is 10.7. The van der Waals surface area contributed by atoms with Gasteiger partial charge in [0.15, 0.2) is 0 Å². The number of hydrogen-bond donors (Lipinski definition) is 1. The van der Waals surface area contributed by atoms with Crippen molar-refractivity contribution in [2.24, 2.45) is 5.10 Å². The van der Waals surface area contributed by atoms with Gasteiger partial charge in [-0.3, -0.25) is 4.79 Å². The fourth-order valence-corrected chi connectivity index (χ4v) is 1.68. The largest absolute Gasteiger partial charge is 0.469 e. The van der Waals surface area contributed by atoms with E-state index in [1.807, 2.05) is 0 Å². The summed E-state index contributed by atoms with van der Waals surface area (Å²) in [6.45, 7) is 1.66. The Morgan fingerprint density at radius 1 is 1.47 bits per heavy atom. The van der Waals surface area contributed by atoms with Gasteiger partial charge in [-0.25, -0.2) is 9.82 Å². The quantitative estimate of drug-likeness (QED) is 0.694. The van der Waals surface area contributed by atoms with Crippen molar-refractivity contribution < 1.29 is 13.6 Å². The lowest BCUT2D eigenvalue weighted by Gasteiger charge is -2.00. The van der Waals surface area contributed by atoms with E-state index in [1.54, 1.807) is 6.92 Å². The third-order valence-corrected chi connectivity index (χ3v) is 2.79. The summed E-state index contributed by atoms with van der Waals surface area (Å²) in [6, 6.07) is 5.81. The van der Waals surface area contributed by atoms with Crippen molar-refractivity contribution >= 4 is 23.7 Å². The van der Waals surface area contributed by atoms with Crippen LogP contribution in [0.3, 0.4) is 0 Å². The molecule has 2 rings (SSSR count). The number of amides is 1. The summed E-state index contributed by atoms with van der Waals surface area (Å²) >= 11 is 5.81. The molecule has 0 atom stereocenters. The highest BCUT2D eigenvalue weighted by Crippen LogP contribution is 2.16. The van der Waals surface area contributed by atoms with E-state index in [9.17, 15) is 9.18 Å². The molecule has 1 aromatic heterocycles. The highest BCUT2D eigenvalue weighted by molar-refractivity contribution is 6.33. The van der Waals surface area contributed by atoms with Gasteiger partial charge < -0.3 is 4.42 Å². The Labute approximate surface area is 113 Å². The maximum Gasteiger partial charge on any atom is 0.274 e. The Morgan fingerprint density at radius 2 is 2.26 bits per heavy atom. The average Bonchev–Trinajstić information content (AvgIpc) is 2.79. The number of furan rings is 1. The molecular formula is C13H10ClFN2O2. The minimum absolute atomic E-state index is 0.119. The van der Waals surface area contributed by atoms with Crippen molar-refractivity contribution in [2.45, 2.75) is 6.92 Å². The molecule has 0 spiro atoms. The molecule has 1 aromatic carbocycles. The number of carbonyl (C=O) groups excluding carboxylic acids is 1. The molecule has 0 saturated heterocycles. The smallest absolute Gasteiger partial charge is 0.274 e. The normalized spacial score (nSPS) is 10.9. The summed E-state index contributed by atoms with van der Waals surface area (Å²) in [5, 5.41) is 3.89. The Bertz CT molecular complexity index is 617. The van der Waals surface area contributed by atoms with Gasteiger partial charge in [-0.05, 0) is 25.1 Å². The molecule has 2 aromatic rings. The molecule has 0 aliphatic rings. The van der Waals surface area contributed by atoms with Crippen LogP contribution in [-0.2, 0) is 0 Å². The molecule has 0 fully saturated rings. The number of benzene rings is 1. The monoisotopic (exact) mass is 280 g/mol. The second kappa shape index (κ2) is 5.67. The number of hydrazone groups is 1. The van der Waals surface area contributed by atoms with E-state index in [0.29, 0.717) is 11.3 Å². The first-order chi connectivity index (χ1) is 9.09. The van der Waals surface area contributed by atoms with Gasteiger partial charge >= 0.3 is 0 Å². The van der Waals surface area contributed by atoms with Gasteiger partial charge in [0.05, 0.1) is 23.1 Å². The third kappa shape index (κ3) is 3.00. The van der Waals surface area contributed by atoms with Crippen LogP contribution in [0.5, 0.6) is 0 Å². The number of aryl methyl sites for hydroxylation is 1. The lowest BCUT2D eigenvalue weighted by Crippen LogP contribution is -2.17. The van der Waals surface area contributed by atoms with Crippen LogP contribution >= 0.6 is 11.6 Å². The first-order valence-corrected chi connectivity index (χ1v) is 5.79. The van der Waals surface area contributed by atoms with Crippen molar-refractivity contribution in [1.29, 1.82) is 0 Å². The Hall–Kier alpha value is -2.14. The number of carbonyl (C=O) groups is 1. The van der Waals surface area contributed by atoms with Gasteiger partial charge in [0.1, 0.15) is 11.6 Å². The molecule has 0 radical (unpaired) electrons. The lowest BCUT2D eigenvalue weighted by atomic mass is 10.2. The van der Waals surface area contributed by atoms with Crippen molar-refractivity contribution in [3.63, 3.8) is 0 Å². The summed E-state index contributed by atoms with van der Waals surface area (Å²) < 4.78 is 18.4. The van der Waals surface area contributed by atoms with Gasteiger partial charge in [0, 0.05) is 5.56 Å². The predicted octanol–water partition coefficient (Wildman–Crippen LogP) is 3.14. The van der Waals surface area contributed by atoms with Crippen LogP contribution in [-0.4, -0.2) is 12.1 Å². The SMILES string of the molecule is Cc1occc1C(=O)N/N=C\c1c(F)cccc1Cl. The number of hydrogen-bond acceptors (Lipinski definition) is 3. The van der Waals surface area contributed by atoms with E-state index in [1.165, 1.54) is 30.5 Å². The molecule has 4 nitrogen and oxygen atoms in total. The average molecular weight is 281 g/mol. The summed E-state index contributed by atoms with van der Waals surface area (Å²) in [5.41, 5.74) is 2.76. The molecule has 0 unspecified atom stereocenters. The Balaban J connectivity index is 2.09. The van der Waals surface area contributed by atoms with Gasteiger partial charge in [-0.15, -0.1) is 0 Å². The van der Waals surface area contributed by atoms with Gasteiger partial charge in [-0.2, -0.15) is 5.10 Å². The standard InChI is InChI=1S/C13H10ClFN2O2/c1-8-9(5-6-19-8)13(18)17-16-7-10-11(14)3-2-4-12(10)15/h2-7H,1H3,(H,17,18)/b16-7-. The molecular weight excluding hydrogens is 271 g/mol. The molecule has 1 amide bonds. The summed E-state index contributed by atoms with van der Waals surface area (Å²) in [5.74, 6) is -0.462. The molecule has 0 aliphatic heterocycles. The van der Waals surface area contributed by atoms with Crippen LogP contribution in [0.1, 0.15) is 21.7 Å². The van der Waals surface area contributed by atoms with Crippen LogP contribution in [0.25, 0.3) is 0 Å². The fourth-order valence-electron chi connectivity index (χ4n) is 1.47. The number of nitrogens with one attached hydrogen (secondary N) is 1. The van der Waals surface area contributed by atoms with E-state index in [-0.39, 0.29) is 10.6 Å². The molecule has 98 valence electrons. The second-order valence-electron chi connectivity index (χ2n) is 3.72. The van der Waals surface area contributed by atoms with Crippen LogP contribution in [0.15, 0.2) is 40.0 Å². The maximum absolute atomic E-state index is 13.4. The summed E-state index contributed by atoms with van der Waals surface area (Å²) in [7, 11) is 0. The Morgan fingerprint density at radius 3 is 2.89 bits per heavy atom. The first kappa shape index (κ1) is 13.3. The molecule has 19 heavy (non-hydrogen) atoms. The van der Waals surface area contributed by atoms with Gasteiger partial charge in [0.2, 0.25) is 0 Å². The second-order valence-corrected chi connectivity index (χ2v) is 4.13. The Kier molecular flexibility index (Phi) is 3.97. The van der Waals surface area contributed by atoms with E-state index >= 15 is 0 Å². The predicted molar refractivity (Wildman–Crippen MR) is 69.9 cm³/mol. The van der Waals surface area contributed by atoms with Crippen LogP contribution < -0.4 is 5.43 Å². The number of halogens is 2. The van der Waals surface area contributed by atoms with Crippen LogP contribution in [0.4, 0.5) is 4.39 Å². The summed E-state index contributed by atoms with van der Waals surface area (Å²) in [4.78, 5) is 11.7. The van der Waals surface area contributed by atoms with E-state index < -0.39 is 11.7 Å². The lowest BCUT2D eigenvalue weighted by molar-refractivity contribution is 0.0953. The van der Waals surface area contributed by atoms with Crippen molar-refractivity contribution in [1.82, 2.24) is 5.43 Å². The van der Waals surface area contributed by atoms with Crippen LogP contribution in [0, 0.1) is 12.7 Å². The molecule has 0 aliphatic carbocycles. The zero-order valence-electron chi connectivity index (χ0n) is 9.98. The fraction of sp³-hybridized carbons (Fsp3) is 0.0769. The summed E-state index contributed by atoms with van der Waals surface area (Å²) in [6.07, 6.45) is 2.56. The van der Waals surface area contributed by atoms with E-state index in [2.05, 4.69) is 10.5 Å². The zero-order chi connectivity index (χ0) is 13.8. The molecule has 1 N–H and O–H groups in total. The first-order valence-electron chi connectivity index (χ1n) is 5.41. The number of nitrogens with zero attached hydrogens (tertiary/aromatic N) is 1. The highest BCUT2D eigenvalue weighted by atomic mass is 35.5. The van der Waals surface area contributed by atoms with Gasteiger partial charge in [-0.1, -0.05) is 17.7 Å². The molecule has 0 bridgehead atoms. The van der Waals surface area contributed by atoms with E-state index in [0.717, 1.165) is 6.21 Å². The minimum Gasteiger partial charge on any atom is -0.469 e.